The van der Waals surface area contributed by atoms with Crippen LogP contribution in [0.25, 0.3) is 0 Å². The molecule has 0 saturated carbocycles. The van der Waals surface area contributed by atoms with E-state index in [1.165, 1.54) is 28.4 Å². The quantitative estimate of drug-likeness (QED) is 0.890. The second-order valence-corrected chi connectivity index (χ2v) is 5.55. The van der Waals surface area contributed by atoms with Gasteiger partial charge in [-0.05, 0) is 24.6 Å². The summed E-state index contributed by atoms with van der Waals surface area (Å²) < 4.78 is 12.9. The van der Waals surface area contributed by atoms with Gasteiger partial charge in [0.05, 0.1) is 0 Å². The first kappa shape index (κ1) is 15.2. The maximum atomic E-state index is 12.9. The van der Waals surface area contributed by atoms with Crippen molar-refractivity contribution in [3.8, 4) is 0 Å². The van der Waals surface area contributed by atoms with E-state index in [0.29, 0.717) is 23.1 Å². The number of benzene rings is 1. The Kier molecular flexibility index (Phi) is 4.74. The number of hydrogen-bond acceptors (Lipinski definition) is 5. The molecule has 0 radical (unpaired) electrons. The molecule has 7 heteroatoms. The maximum absolute atomic E-state index is 12.9. The van der Waals surface area contributed by atoms with Crippen molar-refractivity contribution in [1.29, 1.82) is 0 Å². The summed E-state index contributed by atoms with van der Waals surface area (Å²) in [5.74, 6) is -0.264. The van der Waals surface area contributed by atoms with E-state index >= 15 is 0 Å². The highest BCUT2D eigenvalue weighted by Crippen LogP contribution is 2.26. The van der Waals surface area contributed by atoms with E-state index in [-0.39, 0.29) is 17.5 Å². The summed E-state index contributed by atoms with van der Waals surface area (Å²) in [5.41, 5.74) is 6.64. The van der Waals surface area contributed by atoms with Gasteiger partial charge in [-0.2, -0.15) is 0 Å². The number of thiazole rings is 1. The molecule has 1 amide bonds. The molecule has 2 rings (SSSR count). The number of anilines is 2. The largest absolute Gasteiger partial charge is 0.382 e. The molecule has 1 aromatic heterocycles. The second-order valence-electron chi connectivity index (χ2n) is 4.55. The molecule has 5 nitrogen and oxygen atoms in total. The van der Waals surface area contributed by atoms with Crippen LogP contribution in [0.15, 0.2) is 24.3 Å². The molecule has 1 heterocycles. The van der Waals surface area contributed by atoms with E-state index in [1.54, 1.807) is 19.2 Å². The molecule has 112 valence electrons. The lowest BCUT2D eigenvalue weighted by molar-refractivity contribution is 0.0790. The average Bonchev–Trinajstić information content (AvgIpc) is 2.81. The fourth-order valence-corrected chi connectivity index (χ4v) is 2.77. The minimum Gasteiger partial charge on any atom is -0.382 e. The summed E-state index contributed by atoms with van der Waals surface area (Å²) in [6.07, 6.45) is 0. The summed E-state index contributed by atoms with van der Waals surface area (Å²) in [7, 11) is 1.68. The van der Waals surface area contributed by atoms with Crippen LogP contribution >= 0.6 is 11.3 Å². The molecule has 21 heavy (non-hydrogen) atoms. The Balaban J connectivity index is 2.09. The van der Waals surface area contributed by atoms with Crippen molar-refractivity contribution in [3.63, 3.8) is 0 Å². The van der Waals surface area contributed by atoms with Crippen LogP contribution in [-0.4, -0.2) is 29.4 Å². The minimum atomic E-state index is -0.297. The van der Waals surface area contributed by atoms with Gasteiger partial charge in [-0.3, -0.25) is 4.79 Å². The Hall–Kier alpha value is -2.15. The van der Waals surface area contributed by atoms with Crippen molar-refractivity contribution in [3.05, 3.63) is 40.5 Å². The number of nitrogen functional groups attached to an aromatic ring is 1. The number of amides is 1. The third kappa shape index (κ3) is 3.69. The predicted octanol–water partition coefficient (Wildman–Crippen LogP) is 2.57. The number of halogens is 1. The zero-order valence-corrected chi connectivity index (χ0v) is 12.7. The summed E-state index contributed by atoms with van der Waals surface area (Å²) in [6.45, 7) is 3.04. The zero-order chi connectivity index (χ0) is 15.4. The highest BCUT2D eigenvalue weighted by atomic mass is 32.1. The molecule has 0 aliphatic heterocycles. The standard InChI is InChI=1S/C14H17FN4OS/c1-3-17-14-18-12(16)11(21-14)13(20)19(2)8-9-4-6-10(15)7-5-9/h4-7H,3,8,16H2,1-2H3,(H,17,18). The molecule has 0 aliphatic carbocycles. The van der Waals surface area contributed by atoms with Crippen LogP contribution in [0.3, 0.4) is 0 Å². The number of carbonyl (C=O) groups is 1. The van der Waals surface area contributed by atoms with E-state index in [0.717, 1.165) is 5.56 Å². The molecule has 3 N–H and O–H groups in total. The van der Waals surface area contributed by atoms with Gasteiger partial charge in [0, 0.05) is 20.1 Å². The molecule has 0 atom stereocenters. The molecular formula is C14H17FN4OS. The number of carbonyl (C=O) groups excluding carboxylic acids is 1. The van der Waals surface area contributed by atoms with E-state index in [4.69, 9.17) is 5.73 Å². The van der Waals surface area contributed by atoms with Gasteiger partial charge < -0.3 is 16.0 Å². The summed E-state index contributed by atoms with van der Waals surface area (Å²) in [5, 5.41) is 3.67. The zero-order valence-electron chi connectivity index (χ0n) is 11.9. The second kappa shape index (κ2) is 6.53. The number of hydrogen-bond donors (Lipinski definition) is 2. The highest BCUT2D eigenvalue weighted by Gasteiger charge is 2.19. The van der Waals surface area contributed by atoms with E-state index < -0.39 is 0 Å². The molecule has 0 saturated heterocycles. The van der Waals surface area contributed by atoms with Gasteiger partial charge in [0.15, 0.2) is 5.13 Å². The maximum Gasteiger partial charge on any atom is 0.267 e. The smallest absolute Gasteiger partial charge is 0.267 e. The van der Waals surface area contributed by atoms with Crippen molar-refractivity contribution in [1.82, 2.24) is 9.88 Å². The van der Waals surface area contributed by atoms with Crippen LogP contribution < -0.4 is 11.1 Å². The number of nitrogens with one attached hydrogen (secondary N) is 1. The lowest BCUT2D eigenvalue weighted by Crippen LogP contribution is -2.26. The lowest BCUT2D eigenvalue weighted by atomic mass is 10.2. The first-order chi connectivity index (χ1) is 10.0. The van der Waals surface area contributed by atoms with Gasteiger partial charge >= 0.3 is 0 Å². The Bertz CT molecular complexity index is 626. The number of aromatic nitrogens is 1. The van der Waals surface area contributed by atoms with Crippen molar-refractivity contribution < 1.29 is 9.18 Å². The number of nitrogens with two attached hydrogens (primary N) is 1. The summed E-state index contributed by atoms with van der Waals surface area (Å²) in [6, 6.07) is 6.05. The van der Waals surface area contributed by atoms with Crippen molar-refractivity contribution in [2.24, 2.45) is 0 Å². The molecule has 0 fully saturated rings. The Labute approximate surface area is 126 Å². The van der Waals surface area contributed by atoms with Gasteiger partial charge in [0.25, 0.3) is 5.91 Å². The molecule has 0 spiro atoms. The normalized spacial score (nSPS) is 10.4. The first-order valence-corrected chi connectivity index (χ1v) is 7.33. The van der Waals surface area contributed by atoms with Crippen LogP contribution in [0.5, 0.6) is 0 Å². The Morgan fingerprint density at radius 3 is 2.71 bits per heavy atom. The third-order valence-electron chi connectivity index (χ3n) is 2.86. The monoisotopic (exact) mass is 308 g/mol. The van der Waals surface area contributed by atoms with E-state index in [9.17, 15) is 9.18 Å². The van der Waals surface area contributed by atoms with Crippen LogP contribution in [0.1, 0.15) is 22.2 Å². The van der Waals surface area contributed by atoms with E-state index in [1.807, 2.05) is 6.92 Å². The fraction of sp³-hybridized carbons (Fsp3) is 0.286. The van der Waals surface area contributed by atoms with Crippen molar-refractivity contribution in [2.75, 3.05) is 24.6 Å². The van der Waals surface area contributed by atoms with Crippen molar-refractivity contribution in [2.45, 2.75) is 13.5 Å². The van der Waals surface area contributed by atoms with Gasteiger partial charge in [-0.15, -0.1) is 0 Å². The number of rotatable bonds is 5. The van der Waals surface area contributed by atoms with Gasteiger partial charge in [0.1, 0.15) is 16.5 Å². The summed E-state index contributed by atoms with van der Waals surface area (Å²) in [4.78, 5) is 18.4. The summed E-state index contributed by atoms with van der Waals surface area (Å²) >= 11 is 1.24. The van der Waals surface area contributed by atoms with E-state index in [2.05, 4.69) is 10.3 Å². The molecule has 2 aromatic rings. The lowest BCUT2D eigenvalue weighted by Gasteiger charge is -2.16. The van der Waals surface area contributed by atoms with Crippen LogP contribution in [0, 0.1) is 5.82 Å². The first-order valence-electron chi connectivity index (χ1n) is 6.51. The van der Waals surface area contributed by atoms with Gasteiger partial charge in [0.2, 0.25) is 0 Å². The number of nitrogens with zero attached hydrogens (tertiary/aromatic N) is 2. The minimum absolute atomic E-state index is 0.196. The Morgan fingerprint density at radius 2 is 2.10 bits per heavy atom. The molecule has 0 unspecified atom stereocenters. The molecule has 0 aliphatic rings. The molecule has 1 aromatic carbocycles. The molecule has 0 bridgehead atoms. The predicted molar refractivity (Wildman–Crippen MR) is 82.9 cm³/mol. The average molecular weight is 308 g/mol. The third-order valence-corrected chi connectivity index (χ3v) is 3.87. The highest BCUT2D eigenvalue weighted by molar-refractivity contribution is 7.18. The van der Waals surface area contributed by atoms with Crippen LogP contribution in [0.4, 0.5) is 15.3 Å². The topological polar surface area (TPSA) is 71.2 Å². The van der Waals surface area contributed by atoms with Crippen molar-refractivity contribution >= 4 is 28.2 Å². The molecular weight excluding hydrogens is 291 g/mol. The van der Waals surface area contributed by atoms with Gasteiger partial charge in [-0.25, -0.2) is 9.37 Å². The van der Waals surface area contributed by atoms with Crippen LogP contribution in [0.2, 0.25) is 0 Å². The van der Waals surface area contributed by atoms with Crippen LogP contribution in [-0.2, 0) is 6.54 Å². The Morgan fingerprint density at radius 1 is 1.43 bits per heavy atom. The SMILES string of the molecule is CCNc1nc(N)c(C(=O)N(C)Cc2ccc(F)cc2)s1. The van der Waals surface area contributed by atoms with Gasteiger partial charge in [-0.1, -0.05) is 23.5 Å². The fourth-order valence-electron chi connectivity index (χ4n) is 1.82.